The molecule has 0 radical (unpaired) electrons. The molecule has 0 aliphatic carbocycles. The van der Waals surface area contributed by atoms with Gasteiger partial charge in [-0.25, -0.2) is 0 Å². The normalized spacial score (nSPS) is 28.7. The Morgan fingerprint density at radius 1 is 1.78 bits per heavy atom. The smallest absolute Gasteiger partial charge is 0.305 e. The highest BCUT2D eigenvalue weighted by Gasteiger charge is 1.96. The monoisotopic (exact) mass is 203 g/mol. The number of esters is 1. The largest absolute Gasteiger partial charge is 0.469 e. The van der Waals surface area contributed by atoms with E-state index in [1.807, 2.05) is 0 Å². The number of carbonyl (C=O) groups is 1. The molecule has 0 amide bonds. The van der Waals surface area contributed by atoms with Crippen LogP contribution in [0.5, 0.6) is 0 Å². The van der Waals surface area contributed by atoms with Crippen LogP contribution in [0.1, 0.15) is 30.1 Å². The average molecular weight is 204 g/mol. The van der Waals surface area contributed by atoms with E-state index in [4.69, 9.17) is 11.0 Å². The molecule has 0 unspecified atom stereocenters. The van der Waals surface area contributed by atoms with Gasteiger partial charge >= 0.3 is 5.97 Å². The van der Waals surface area contributed by atoms with Crippen LogP contribution < -0.4 is 0 Å². The number of ether oxygens (including phenoxy) is 1. The predicted octanol–water partition coefficient (Wildman–Crippen LogP) is 1.72. The van der Waals surface area contributed by atoms with Gasteiger partial charge in [0.1, 0.15) is 0 Å². The third-order valence-electron chi connectivity index (χ3n) is 0.460. The Hall–Kier alpha value is -0.0500. The minimum Gasteiger partial charge on any atom is -0.469 e. The summed E-state index contributed by atoms with van der Waals surface area (Å²) in [5.74, 6) is -1.61. The van der Waals surface area contributed by atoms with Crippen LogP contribution in [-0.2, 0) is 9.53 Å². The third-order valence-corrected chi connectivity index (χ3v) is 0.658. The highest BCUT2D eigenvalue weighted by atomic mass is 79.9. The Morgan fingerprint density at radius 2 is 2.44 bits per heavy atom. The van der Waals surface area contributed by atoms with E-state index >= 15 is 0 Å². The maximum atomic E-state index is 11.1. The van der Waals surface area contributed by atoms with Crippen molar-refractivity contribution in [1.82, 2.24) is 0 Å². The second-order valence-electron chi connectivity index (χ2n) is 0.961. The summed E-state index contributed by atoms with van der Waals surface area (Å²) < 4.78 is 62.2. The molecule has 0 spiro atoms. The van der Waals surface area contributed by atoms with Crippen LogP contribution in [0.2, 0.25) is 0 Å². The van der Waals surface area contributed by atoms with Gasteiger partial charge < -0.3 is 4.74 Å². The van der Waals surface area contributed by atoms with E-state index in [9.17, 15) is 4.79 Å². The number of methoxy groups -OCH3 is 1. The summed E-state index contributed by atoms with van der Waals surface area (Å²) in [4.78, 5) is 11.1. The molecule has 0 fully saturated rings. The maximum absolute atomic E-state index is 11.1. The molecule has 0 saturated carbocycles. The summed E-state index contributed by atoms with van der Waals surface area (Å²) in [6, 6.07) is 0. The maximum Gasteiger partial charge on any atom is 0.305 e. The van der Waals surface area contributed by atoms with E-state index in [-0.39, 0.29) is 0 Å². The SMILES string of the molecule is [2H]C([2H])(Br)C([2H])([2H])C([2H])([2H])C([2H])([2H])[13C](=O)OC. The van der Waals surface area contributed by atoms with Gasteiger partial charge in [0.2, 0.25) is 0 Å². The second kappa shape index (κ2) is 6.08. The van der Waals surface area contributed by atoms with Crippen molar-refractivity contribution in [3.63, 3.8) is 0 Å². The van der Waals surface area contributed by atoms with E-state index in [1.165, 1.54) is 0 Å². The van der Waals surface area contributed by atoms with Gasteiger partial charge in [-0.05, 0) is 12.7 Å². The van der Waals surface area contributed by atoms with E-state index in [2.05, 4.69) is 20.7 Å². The van der Waals surface area contributed by atoms with Gasteiger partial charge in [-0.15, -0.1) is 0 Å². The molecule has 0 aromatic carbocycles. The Bertz CT molecular complexity index is 310. The van der Waals surface area contributed by atoms with E-state index in [1.54, 1.807) is 0 Å². The first kappa shape index (κ1) is 2.22. The molecule has 0 rings (SSSR count). The number of hydrogen-bond acceptors (Lipinski definition) is 2. The van der Waals surface area contributed by atoms with Crippen LogP contribution in [-0.4, -0.2) is 18.4 Å². The van der Waals surface area contributed by atoms with E-state index in [0.29, 0.717) is 0 Å². The van der Waals surface area contributed by atoms with Crippen molar-refractivity contribution >= 4 is 21.9 Å². The Labute approximate surface area is 74.9 Å². The lowest BCUT2D eigenvalue weighted by molar-refractivity contribution is -0.140. The van der Waals surface area contributed by atoms with Gasteiger partial charge in [-0.3, -0.25) is 4.79 Å². The number of rotatable bonds is 4. The summed E-state index contributed by atoms with van der Waals surface area (Å²) in [7, 11) is 0.828. The zero-order valence-electron chi connectivity index (χ0n) is 12.7. The van der Waals surface area contributed by atoms with Gasteiger partial charge in [0.15, 0.2) is 0 Å². The standard InChI is InChI=1S/C6H11BrO2/c1-9-6(8)4-2-3-5-7/h2-5H2,1H3/i2D2,3D2,4D2,5D2,6+1. The summed E-state index contributed by atoms with van der Waals surface area (Å²) in [6.45, 7) is 0. The second-order valence-corrected chi connectivity index (χ2v) is 1.36. The fourth-order valence-corrected chi connectivity index (χ4v) is 0.256. The first-order valence-corrected chi connectivity index (χ1v) is 2.80. The summed E-state index contributed by atoms with van der Waals surface area (Å²) >= 11 is 2.30. The van der Waals surface area contributed by atoms with Gasteiger partial charge in [0, 0.05) is 22.6 Å². The molecule has 0 bridgehead atoms. The van der Waals surface area contributed by atoms with Crippen molar-refractivity contribution in [2.45, 2.75) is 19.1 Å². The molecule has 0 aliphatic heterocycles. The molecule has 3 heteroatoms. The van der Waals surface area contributed by atoms with Gasteiger partial charge in [0.25, 0.3) is 0 Å². The molecule has 9 heavy (non-hydrogen) atoms. The van der Waals surface area contributed by atoms with E-state index in [0.717, 1.165) is 7.11 Å². The number of alkyl halides is 1. The van der Waals surface area contributed by atoms with Crippen molar-refractivity contribution in [1.29, 1.82) is 0 Å². The summed E-state index contributed by atoms with van der Waals surface area (Å²) in [6.07, 6.45) is -10.1. The minimum absolute atomic E-state index is 0.828. The van der Waals surface area contributed by atoms with Crippen molar-refractivity contribution in [3.8, 4) is 0 Å². The lowest BCUT2D eigenvalue weighted by Crippen LogP contribution is -1.99. The topological polar surface area (TPSA) is 26.3 Å². The molecule has 2 nitrogen and oxygen atoms in total. The van der Waals surface area contributed by atoms with Crippen LogP contribution in [0.4, 0.5) is 0 Å². The van der Waals surface area contributed by atoms with Crippen LogP contribution in [0.25, 0.3) is 0 Å². The molecule has 0 heterocycles. The molecule has 54 valence electrons. The first-order valence-electron chi connectivity index (χ1n) is 6.01. The average Bonchev–Trinajstić information content (AvgIpc) is 2.13. The fraction of sp³-hybridized carbons (Fsp3) is 0.833. The highest BCUT2D eigenvalue weighted by Crippen LogP contribution is 1.98. The van der Waals surface area contributed by atoms with Gasteiger partial charge in [0.05, 0.1) is 7.11 Å². The number of hydrogen-bond donors (Lipinski definition) is 0. The molecule has 0 aliphatic rings. The third kappa shape index (κ3) is 5.83. The predicted molar refractivity (Wildman–Crippen MR) is 39.7 cm³/mol. The van der Waals surface area contributed by atoms with Crippen molar-refractivity contribution in [3.05, 3.63) is 0 Å². The summed E-state index contributed by atoms with van der Waals surface area (Å²) in [5.41, 5.74) is 0. The highest BCUT2D eigenvalue weighted by molar-refractivity contribution is 9.09. The van der Waals surface area contributed by atoms with Crippen molar-refractivity contribution in [2.75, 3.05) is 12.4 Å². The lowest BCUT2D eigenvalue weighted by atomic mass is 10.3. The zero-order chi connectivity index (χ0) is 14.3. The van der Waals surface area contributed by atoms with Crippen LogP contribution in [0.15, 0.2) is 0 Å². The minimum atomic E-state index is -3.43. The summed E-state index contributed by atoms with van der Waals surface area (Å²) in [5, 5.41) is -2.86. The molecule has 0 saturated heterocycles. The van der Waals surface area contributed by atoms with Gasteiger partial charge in [-0.2, -0.15) is 0 Å². The Morgan fingerprint density at radius 3 is 2.89 bits per heavy atom. The van der Waals surface area contributed by atoms with Crippen LogP contribution in [0, 0.1) is 0 Å². The quantitative estimate of drug-likeness (QED) is 0.396. The van der Waals surface area contributed by atoms with Crippen LogP contribution >= 0.6 is 15.9 Å². The number of carbonyl (C=O) groups excluding carboxylic acids is 1. The lowest BCUT2D eigenvalue weighted by Gasteiger charge is -1.95. The van der Waals surface area contributed by atoms with Gasteiger partial charge in [-0.1, -0.05) is 15.9 Å². The molecule has 0 aromatic rings. The molecule has 0 N–H and O–H groups in total. The fourth-order valence-electron chi connectivity index (χ4n) is 0.157. The molecular weight excluding hydrogens is 185 g/mol. The molecule has 0 atom stereocenters. The molecule has 0 aromatic heterocycles. The van der Waals surface area contributed by atoms with Crippen LogP contribution in [0.3, 0.4) is 0 Å². The Balaban J connectivity index is 5.63. The van der Waals surface area contributed by atoms with Crippen molar-refractivity contribution < 1.29 is 20.5 Å². The molecular formula is C6H11BrO2. The first-order chi connectivity index (χ1) is 7.23. The van der Waals surface area contributed by atoms with Crippen molar-refractivity contribution in [2.24, 2.45) is 0 Å². The van der Waals surface area contributed by atoms with E-state index < -0.39 is 30.4 Å². The zero-order valence-corrected chi connectivity index (χ0v) is 6.28. The number of halogens is 1. The Kier molecular flexibility index (Phi) is 1.50.